The molecule has 0 aliphatic carbocycles. The largest absolute Gasteiger partial charge is 0.464 e. The molecule has 0 amide bonds. The second-order valence-corrected chi connectivity index (χ2v) is 7.17. The SMILES string of the molecule is CCOC(=O)C(O)c1cc(Cl)c(SC)c(S(C)(=O)=O)c1. The normalized spacial score (nSPS) is 13.1. The molecule has 0 bridgehead atoms. The van der Waals surface area contributed by atoms with Crippen molar-refractivity contribution in [2.45, 2.75) is 22.8 Å². The average Bonchev–Trinajstić information content (AvgIpc) is 2.36. The van der Waals surface area contributed by atoms with Crippen LogP contribution >= 0.6 is 23.4 Å². The van der Waals surface area contributed by atoms with Crippen LogP contribution in [0.2, 0.25) is 5.02 Å². The first-order valence-corrected chi connectivity index (χ1v) is 9.14. The van der Waals surface area contributed by atoms with Gasteiger partial charge in [0.15, 0.2) is 15.9 Å². The first kappa shape index (κ1) is 17.3. The first-order chi connectivity index (χ1) is 9.22. The lowest BCUT2D eigenvalue weighted by Gasteiger charge is -2.14. The molecule has 0 aromatic heterocycles. The maximum Gasteiger partial charge on any atom is 0.339 e. The standard InChI is InChI=1S/C12H15ClO5S2/c1-4-18-12(15)10(14)7-5-8(13)11(19-2)9(6-7)20(3,16)17/h5-6,10,14H,4H2,1-3H3. The molecule has 1 atom stereocenters. The zero-order chi connectivity index (χ0) is 15.5. The third-order valence-electron chi connectivity index (χ3n) is 2.46. The summed E-state index contributed by atoms with van der Waals surface area (Å²) < 4.78 is 28.2. The summed E-state index contributed by atoms with van der Waals surface area (Å²) in [5.74, 6) is -0.847. The molecular weight excluding hydrogens is 324 g/mol. The molecule has 1 rings (SSSR count). The molecule has 0 saturated heterocycles. The second kappa shape index (κ2) is 6.80. The molecule has 0 aliphatic rings. The number of rotatable bonds is 5. The number of sulfone groups is 1. The van der Waals surface area contributed by atoms with Crippen LogP contribution in [-0.4, -0.2) is 38.6 Å². The summed E-state index contributed by atoms with van der Waals surface area (Å²) in [4.78, 5) is 11.9. The number of ether oxygens (including phenoxy) is 1. The predicted molar refractivity (Wildman–Crippen MR) is 77.9 cm³/mol. The molecule has 0 fully saturated rings. The van der Waals surface area contributed by atoms with E-state index in [1.807, 2.05) is 0 Å². The van der Waals surface area contributed by atoms with Crippen molar-refractivity contribution in [1.29, 1.82) is 0 Å². The Kier molecular flexibility index (Phi) is 5.88. The van der Waals surface area contributed by atoms with Crippen molar-refractivity contribution in [3.63, 3.8) is 0 Å². The summed E-state index contributed by atoms with van der Waals surface area (Å²) in [5.41, 5.74) is 0.0895. The highest BCUT2D eigenvalue weighted by molar-refractivity contribution is 7.99. The van der Waals surface area contributed by atoms with Gasteiger partial charge >= 0.3 is 5.97 Å². The van der Waals surface area contributed by atoms with Crippen LogP contribution in [0.5, 0.6) is 0 Å². The lowest BCUT2D eigenvalue weighted by molar-refractivity contribution is -0.153. The van der Waals surface area contributed by atoms with Gasteiger partial charge in [0.25, 0.3) is 0 Å². The Bertz CT molecular complexity index is 613. The van der Waals surface area contributed by atoms with E-state index in [1.54, 1.807) is 13.2 Å². The van der Waals surface area contributed by atoms with Crippen LogP contribution in [0.25, 0.3) is 0 Å². The summed E-state index contributed by atoms with van der Waals surface area (Å²) in [5, 5.41) is 10.0. The van der Waals surface area contributed by atoms with E-state index in [1.165, 1.54) is 23.9 Å². The molecule has 8 heteroatoms. The van der Waals surface area contributed by atoms with Gasteiger partial charge in [0.1, 0.15) is 0 Å². The molecule has 0 heterocycles. The van der Waals surface area contributed by atoms with Crippen molar-refractivity contribution in [2.24, 2.45) is 0 Å². The molecule has 0 spiro atoms. The van der Waals surface area contributed by atoms with Gasteiger partial charge in [-0.25, -0.2) is 13.2 Å². The van der Waals surface area contributed by atoms with Crippen LogP contribution in [0.3, 0.4) is 0 Å². The number of hydrogen-bond acceptors (Lipinski definition) is 6. The number of aliphatic hydroxyl groups excluding tert-OH is 1. The lowest BCUT2D eigenvalue weighted by atomic mass is 10.1. The van der Waals surface area contributed by atoms with Crippen molar-refractivity contribution in [3.05, 3.63) is 22.7 Å². The highest BCUT2D eigenvalue weighted by atomic mass is 35.5. The Labute approximate surface area is 127 Å². The van der Waals surface area contributed by atoms with Gasteiger partial charge in [-0.05, 0) is 30.9 Å². The summed E-state index contributed by atoms with van der Waals surface area (Å²) >= 11 is 7.20. The van der Waals surface area contributed by atoms with E-state index < -0.39 is 21.9 Å². The first-order valence-electron chi connectivity index (χ1n) is 5.64. The molecule has 0 saturated carbocycles. The van der Waals surface area contributed by atoms with Crippen LogP contribution in [0.1, 0.15) is 18.6 Å². The quantitative estimate of drug-likeness (QED) is 0.654. The molecule has 1 unspecified atom stereocenters. The molecule has 1 N–H and O–H groups in total. The lowest BCUT2D eigenvalue weighted by Crippen LogP contribution is -2.16. The van der Waals surface area contributed by atoms with Crippen LogP contribution in [0, 0.1) is 0 Å². The maximum absolute atomic E-state index is 11.8. The number of benzene rings is 1. The average molecular weight is 339 g/mol. The monoisotopic (exact) mass is 338 g/mol. The van der Waals surface area contributed by atoms with Gasteiger partial charge in [-0.15, -0.1) is 11.8 Å². The van der Waals surface area contributed by atoms with Crippen LogP contribution in [0.15, 0.2) is 21.9 Å². The number of carbonyl (C=O) groups is 1. The van der Waals surface area contributed by atoms with E-state index in [-0.39, 0.29) is 22.1 Å². The minimum absolute atomic E-state index is 0.0177. The second-order valence-electron chi connectivity index (χ2n) is 3.96. The third-order valence-corrected chi connectivity index (χ3v) is 4.97. The summed E-state index contributed by atoms with van der Waals surface area (Å²) in [6, 6.07) is 2.61. The van der Waals surface area contributed by atoms with Crippen LogP contribution in [0.4, 0.5) is 0 Å². The van der Waals surface area contributed by atoms with Crippen LogP contribution in [-0.2, 0) is 19.4 Å². The number of hydrogen-bond donors (Lipinski definition) is 1. The minimum Gasteiger partial charge on any atom is -0.464 e. The maximum atomic E-state index is 11.8. The summed E-state index contributed by atoms with van der Waals surface area (Å²) in [6.07, 6.45) is 1.17. The van der Waals surface area contributed by atoms with Crippen molar-refractivity contribution in [1.82, 2.24) is 0 Å². The van der Waals surface area contributed by atoms with Crippen molar-refractivity contribution in [2.75, 3.05) is 19.1 Å². The van der Waals surface area contributed by atoms with E-state index in [2.05, 4.69) is 0 Å². The molecule has 1 aromatic carbocycles. The fourth-order valence-corrected chi connectivity index (χ4v) is 4.11. The molecule has 0 radical (unpaired) electrons. The molecule has 20 heavy (non-hydrogen) atoms. The fourth-order valence-electron chi connectivity index (χ4n) is 1.58. The molecule has 112 valence electrons. The topological polar surface area (TPSA) is 80.7 Å². The molecule has 0 aliphatic heterocycles. The van der Waals surface area contributed by atoms with Gasteiger partial charge in [0, 0.05) is 11.2 Å². The van der Waals surface area contributed by atoms with Gasteiger partial charge < -0.3 is 9.84 Å². The Hall–Kier alpha value is -0.760. The van der Waals surface area contributed by atoms with Crippen molar-refractivity contribution < 1.29 is 23.1 Å². The van der Waals surface area contributed by atoms with E-state index in [0.717, 1.165) is 6.26 Å². The van der Waals surface area contributed by atoms with E-state index in [9.17, 15) is 18.3 Å². The number of halogens is 1. The van der Waals surface area contributed by atoms with E-state index in [4.69, 9.17) is 16.3 Å². The number of thioether (sulfide) groups is 1. The van der Waals surface area contributed by atoms with Gasteiger partial charge in [-0.3, -0.25) is 0 Å². The van der Waals surface area contributed by atoms with Gasteiger partial charge in [0.05, 0.1) is 16.5 Å². The third kappa shape index (κ3) is 3.88. The van der Waals surface area contributed by atoms with E-state index in [0.29, 0.717) is 4.90 Å². The predicted octanol–water partition coefficient (Wildman–Crippen LogP) is 2.06. The van der Waals surface area contributed by atoms with Crippen molar-refractivity contribution >= 4 is 39.2 Å². The highest BCUT2D eigenvalue weighted by Gasteiger charge is 2.24. The number of aliphatic hydroxyl groups is 1. The zero-order valence-electron chi connectivity index (χ0n) is 11.2. The fraction of sp³-hybridized carbons (Fsp3) is 0.417. The summed E-state index contributed by atoms with van der Waals surface area (Å²) in [6.45, 7) is 1.72. The molecular formula is C12H15ClO5S2. The van der Waals surface area contributed by atoms with Crippen molar-refractivity contribution in [3.8, 4) is 0 Å². The Balaban J connectivity index is 3.38. The number of esters is 1. The molecule has 5 nitrogen and oxygen atoms in total. The Morgan fingerprint density at radius 3 is 2.55 bits per heavy atom. The number of carbonyl (C=O) groups excluding carboxylic acids is 1. The molecule has 1 aromatic rings. The van der Waals surface area contributed by atoms with Gasteiger partial charge in [-0.2, -0.15) is 0 Å². The van der Waals surface area contributed by atoms with Crippen LogP contribution < -0.4 is 0 Å². The Morgan fingerprint density at radius 2 is 2.10 bits per heavy atom. The Morgan fingerprint density at radius 1 is 1.50 bits per heavy atom. The van der Waals surface area contributed by atoms with E-state index >= 15 is 0 Å². The minimum atomic E-state index is -3.53. The summed E-state index contributed by atoms with van der Waals surface area (Å²) in [7, 11) is -3.53. The zero-order valence-corrected chi connectivity index (χ0v) is 13.6. The highest BCUT2D eigenvalue weighted by Crippen LogP contribution is 2.35. The van der Waals surface area contributed by atoms with Gasteiger partial charge in [-0.1, -0.05) is 11.6 Å². The smallest absolute Gasteiger partial charge is 0.339 e. The van der Waals surface area contributed by atoms with Gasteiger partial charge in [0.2, 0.25) is 0 Å².